The first-order valence-electron chi connectivity index (χ1n) is 18.1. The van der Waals surface area contributed by atoms with Gasteiger partial charge in [0.1, 0.15) is 0 Å². The van der Waals surface area contributed by atoms with Crippen LogP contribution in [0.5, 0.6) is 0 Å². The average Bonchev–Trinajstić information content (AvgIpc) is 3.71. The van der Waals surface area contributed by atoms with Crippen molar-refractivity contribution >= 4 is 0 Å². The molecule has 12 fully saturated rings. The minimum Gasteiger partial charge on any atom is -0.377 e. The maximum atomic E-state index is 5.51. The van der Waals surface area contributed by atoms with Gasteiger partial charge in [0.2, 0.25) is 0 Å². The minimum absolute atomic E-state index is 0.318. The molecule has 0 atom stereocenters. The summed E-state index contributed by atoms with van der Waals surface area (Å²) in [7, 11) is 0. The van der Waals surface area contributed by atoms with E-state index >= 15 is 0 Å². The summed E-state index contributed by atoms with van der Waals surface area (Å²) in [5.74, 6) is 0. The second kappa shape index (κ2) is 13.0. The van der Waals surface area contributed by atoms with E-state index in [1.165, 1.54) is 136 Å². The molecule has 0 amide bonds. The number of morpholine rings is 1. The lowest BCUT2D eigenvalue weighted by atomic mass is 9.86. The molecule has 6 N–H and O–H groups in total. The van der Waals surface area contributed by atoms with Crippen molar-refractivity contribution in [2.24, 2.45) is 16.2 Å². The Bertz CT molecular complexity index is 789. The van der Waals surface area contributed by atoms with Crippen molar-refractivity contribution < 1.29 is 14.2 Å². The van der Waals surface area contributed by atoms with Gasteiger partial charge in [0, 0.05) is 32.7 Å². The van der Waals surface area contributed by atoms with Gasteiger partial charge in [-0.1, -0.05) is 0 Å². The molecule has 0 radical (unpaired) electrons. The van der Waals surface area contributed by atoms with Crippen molar-refractivity contribution in [3.63, 3.8) is 0 Å². The molecular weight excluding hydrogens is 540 g/mol. The maximum Gasteiger partial charge on any atom is 0.0809 e. The highest BCUT2D eigenvalue weighted by Crippen LogP contribution is 2.52. The molecule has 0 bridgehead atoms. The molecule has 4 aliphatic carbocycles. The summed E-state index contributed by atoms with van der Waals surface area (Å²) in [6.45, 7) is 17.0. The first-order chi connectivity index (χ1) is 21.0. The van der Waals surface area contributed by atoms with Gasteiger partial charge in [0.25, 0.3) is 0 Å². The Balaban J connectivity index is 0.0000000839. The molecule has 8 aliphatic heterocycles. The van der Waals surface area contributed by atoms with Crippen LogP contribution in [0.3, 0.4) is 0 Å². The number of ether oxygens (including phenoxy) is 3. The molecule has 6 spiro atoms. The fourth-order valence-corrected chi connectivity index (χ4v) is 7.36. The monoisotopic (exact) mass is 602 g/mol. The fourth-order valence-electron chi connectivity index (χ4n) is 7.36. The van der Waals surface area contributed by atoms with Crippen LogP contribution in [0.1, 0.15) is 83.5 Å². The van der Waals surface area contributed by atoms with Crippen molar-refractivity contribution in [1.82, 2.24) is 31.9 Å². The van der Waals surface area contributed by atoms with E-state index < -0.39 is 0 Å². The van der Waals surface area contributed by atoms with Crippen LogP contribution in [0.15, 0.2) is 0 Å². The molecule has 4 saturated carbocycles. The van der Waals surface area contributed by atoms with E-state index in [0.717, 1.165) is 62.4 Å². The second-order valence-corrected chi connectivity index (χ2v) is 16.4. The molecule has 0 aromatic rings. The number of piperidine rings is 1. The van der Waals surface area contributed by atoms with Crippen LogP contribution < -0.4 is 31.9 Å². The lowest BCUT2D eigenvalue weighted by Gasteiger charge is -2.49. The van der Waals surface area contributed by atoms with E-state index in [1.54, 1.807) is 0 Å². The van der Waals surface area contributed by atoms with Crippen molar-refractivity contribution in [3.8, 4) is 0 Å². The van der Waals surface area contributed by atoms with E-state index in [0.29, 0.717) is 16.7 Å². The molecule has 0 aromatic carbocycles. The van der Waals surface area contributed by atoms with Gasteiger partial charge in [-0.05, 0) is 132 Å². The Morgan fingerprint density at radius 2 is 0.860 bits per heavy atom. The molecule has 246 valence electrons. The Morgan fingerprint density at radius 1 is 0.372 bits per heavy atom. The Kier molecular flexibility index (Phi) is 9.47. The topological polar surface area (TPSA) is 99.9 Å². The van der Waals surface area contributed by atoms with Crippen molar-refractivity contribution in [1.29, 1.82) is 0 Å². The van der Waals surface area contributed by atoms with E-state index in [4.69, 9.17) is 14.2 Å². The zero-order valence-electron chi connectivity index (χ0n) is 27.0. The van der Waals surface area contributed by atoms with Gasteiger partial charge in [-0.2, -0.15) is 0 Å². The number of rotatable bonds is 0. The highest BCUT2D eigenvalue weighted by atomic mass is 16.5. The van der Waals surface area contributed by atoms with Gasteiger partial charge < -0.3 is 46.1 Å². The Labute approximate surface area is 260 Å². The van der Waals surface area contributed by atoms with Gasteiger partial charge in [-0.15, -0.1) is 0 Å². The van der Waals surface area contributed by atoms with Gasteiger partial charge in [0.15, 0.2) is 0 Å². The quantitative estimate of drug-likeness (QED) is 0.249. The summed E-state index contributed by atoms with van der Waals surface area (Å²) < 4.78 is 15.5. The number of nitrogens with one attached hydrogen (secondary N) is 6. The lowest BCUT2D eigenvalue weighted by Crippen LogP contribution is -2.68. The van der Waals surface area contributed by atoms with Crippen LogP contribution in [0, 0.1) is 16.2 Å². The van der Waals surface area contributed by atoms with E-state index in [2.05, 4.69) is 31.9 Å². The maximum absolute atomic E-state index is 5.51. The second-order valence-electron chi connectivity index (χ2n) is 16.4. The molecule has 9 nitrogen and oxygen atoms in total. The summed E-state index contributed by atoms with van der Waals surface area (Å²) >= 11 is 0. The molecule has 12 aliphatic rings. The third-order valence-corrected chi connectivity index (χ3v) is 12.5. The standard InChI is InChI=1S/C7H13N.C6H11NO.C6H11N.2C5H9NO.C5H9N/c1-2-7(1)3-5-8-6-4-7;1-2-6(1)5-7-3-4-8-6;1-2-6(1)3-4-7-5-6;2*1-2-6-5(1)3-7-4-5;1-2-5(1)3-6-4-5/h8H,1-6H2;7H,1-5H2;7H,1-5H2;2*6H,1-4H2;6H,1-4H2. The summed E-state index contributed by atoms with van der Waals surface area (Å²) in [5, 5.41) is 20.0. The van der Waals surface area contributed by atoms with Gasteiger partial charge >= 0.3 is 0 Å². The fraction of sp³-hybridized carbons (Fsp3) is 1.00. The van der Waals surface area contributed by atoms with Gasteiger partial charge in [-0.25, -0.2) is 0 Å². The smallest absolute Gasteiger partial charge is 0.0809 e. The van der Waals surface area contributed by atoms with Crippen molar-refractivity contribution in [2.75, 3.05) is 98.5 Å². The van der Waals surface area contributed by atoms with Crippen LogP contribution >= 0.6 is 0 Å². The van der Waals surface area contributed by atoms with Crippen molar-refractivity contribution in [3.05, 3.63) is 0 Å². The molecule has 9 heteroatoms. The van der Waals surface area contributed by atoms with Crippen LogP contribution in [0.4, 0.5) is 0 Å². The Morgan fingerprint density at radius 3 is 1.05 bits per heavy atom. The molecular formula is C34H62N6O3. The SMILES string of the molecule is C1CC12CNC2.C1CC2(CC2)CN1.C1CC2(CCN1)CC2.C1CC2(COC2)N1.C1CC2(COC2)N1.C1COC2(CC2)CN1. The number of hydrogen-bond donors (Lipinski definition) is 6. The van der Waals surface area contributed by atoms with Crippen LogP contribution in [-0.4, -0.2) is 115 Å². The molecule has 8 saturated heterocycles. The highest BCUT2D eigenvalue weighted by Gasteiger charge is 2.48. The summed E-state index contributed by atoms with van der Waals surface area (Å²) in [5.41, 5.74) is 3.82. The van der Waals surface area contributed by atoms with E-state index in [-0.39, 0.29) is 0 Å². The average molecular weight is 603 g/mol. The Hall–Kier alpha value is -0.360. The normalized spacial score (nSPS) is 34.0. The van der Waals surface area contributed by atoms with Crippen molar-refractivity contribution in [2.45, 2.75) is 100 Å². The summed E-state index contributed by atoms with van der Waals surface area (Å²) in [4.78, 5) is 0. The molecule has 43 heavy (non-hydrogen) atoms. The van der Waals surface area contributed by atoms with E-state index in [9.17, 15) is 0 Å². The van der Waals surface area contributed by atoms with Crippen LogP contribution in [0.2, 0.25) is 0 Å². The third kappa shape index (κ3) is 8.33. The summed E-state index contributed by atoms with van der Waals surface area (Å²) in [6, 6.07) is 0. The number of hydrogen-bond acceptors (Lipinski definition) is 9. The minimum atomic E-state index is 0.318. The molecule has 12 rings (SSSR count). The highest BCUT2D eigenvalue weighted by molar-refractivity contribution is 5.04. The zero-order valence-corrected chi connectivity index (χ0v) is 27.0. The zero-order chi connectivity index (χ0) is 29.2. The predicted molar refractivity (Wildman–Crippen MR) is 171 cm³/mol. The molecule has 0 unspecified atom stereocenters. The van der Waals surface area contributed by atoms with Gasteiger partial charge in [-0.3, -0.25) is 0 Å². The third-order valence-electron chi connectivity index (χ3n) is 12.5. The van der Waals surface area contributed by atoms with Gasteiger partial charge in [0.05, 0.1) is 49.7 Å². The van der Waals surface area contributed by atoms with Crippen LogP contribution in [-0.2, 0) is 14.2 Å². The summed E-state index contributed by atoms with van der Waals surface area (Å²) in [6.07, 6.45) is 18.6. The first-order valence-corrected chi connectivity index (χ1v) is 18.1. The van der Waals surface area contributed by atoms with E-state index in [1.807, 2.05) is 0 Å². The predicted octanol–water partition coefficient (Wildman–Crippen LogP) is 1.92. The largest absolute Gasteiger partial charge is 0.377 e. The first kappa shape index (κ1) is 31.3. The molecule has 8 heterocycles. The van der Waals surface area contributed by atoms with Crippen LogP contribution in [0.25, 0.3) is 0 Å². The lowest BCUT2D eigenvalue weighted by molar-refractivity contribution is -0.107. The molecule has 0 aromatic heterocycles.